The second-order valence-electron chi connectivity index (χ2n) is 5.36. The van der Waals surface area contributed by atoms with Crippen molar-refractivity contribution in [3.63, 3.8) is 0 Å². The van der Waals surface area contributed by atoms with Crippen LogP contribution in [0.1, 0.15) is 15.9 Å². The van der Waals surface area contributed by atoms with Crippen molar-refractivity contribution in [3.05, 3.63) is 58.1 Å². The number of hydrogen-bond donors (Lipinski definition) is 3. The van der Waals surface area contributed by atoms with Gasteiger partial charge in [-0.2, -0.15) is 0 Å². The highest BCUT2D eigenvalue weighted by atomic mass is 79.9. The molecule has 0 heterocycles. The van der Waals surface area contributed by atoms with Gasteiger partial charge in [-0.25, -0.2) is 0 Å². The number of para-hydroxylation sites is 2. The van der Waals surface area contributed by atoms with Gasteiger partial charge in [0.25, 0.3) is 11.8 Å². The van der Waals surface area contributed by atoms with E-state index in [0.717, 1.165) is 10.0 Å². The molecule has 0 radical (unpaired) electrons. The number of methoxy groups -OCH3 is 1. The summed E-state index contributed by atoms with van der Waals surface area (Å²) in [5, 5.41) is 2.44. The van der Waals surface area contributed by atoms with Crippen molar-refractivity contribution in [2.24, 2.45) is 0 Å². The highest BCUT2D eigenvalue weighted by Gasteiger charge is 2.11. The van der Waals surface area contributed by atoms with Gasteiger partial charge in [-0.3, -0.25) is 25.8 Å². The molecule has 0 bridgehead atoms. The molecule has 7 nitrogen and oxygen atoms in total. The molecule has 9 heteroatoms. The first-order chi connectivity index (χ1) is 12.9. The van der Waals surface area contributed by atoms with E-state index < -0.39 is 11.8 Å². The molecule has 0 unspecified atom stereocenters. The Kier molecular flexibility index (Phi) is 7.56. The van der Waals surface area contributed by atoms with E-state index in [1.807, 2.05) is 13.0 Å². The minimum absolute atomic E-state index is 0.0395. The van der Waals surface area contributed by atoms with Crippen molar-refractivity contribution in [1.29, 1.82) is 0 Å². The van der Waals surface area contributed by atoms with E-state index in [1.165, 1.54) is 7.11 Å². The van der Waals surface area contributed by atoms with Crippen molar-refractivity contribution in [2.75, 3.05) is 13.7 Å². The van der Waals surface area contributed by atoms with E-state index in [4.69, 9.17) is 21.7 Å². The molecule has 2 amide bonds. The van der Waals surface area contributed by atoms with Crippen LogP contribution < -0.4 is 25.6 Å². The maximum Gasteiger partial charge on any atom is 0.276 e. The van der Waals surface area contributed by atoms with Crippen LogP contribution in [0.5, 0.6) is 11.5 Å². The summed E-state index contributed by atoms with van der Waals surface area (Å²) in [4.78, 5) is 24.0. The minimum Gasteiger partial charge on any atom is -0.493 e. The maximum absolute atomic E-state index is 12.1. The first kappa shape index (κ1) is 20.7. The summed E-state index contributed by atoms with van der Waals surface area (Å²) < 4.78 is 11.3. The van der Waals surface area contributed by atoms with Gasteiger partial charge in [0.05, 0.1) is 7.11 Å². The standard InChI is InChI=1S/C18H18BrN3O4S/c1-11-7-8-12(9-13(11)19)17(24)20-18(27)22-21-16(23)10-26-15-6-4-3-5-14(15)25-2/h3-9H,10H2,1-2H3,(H,21,23)(H2,20,22,24,27). The van der Waals surface area contributed by atoms with E-state index in [0.29, 0.717) is 17.1 Å². The Hall–Kier alpha value is -2.65. The third-order valence-corrected chi connectivity index (χ3v) is 4.46. The smallest absolute Gasteiger partial charge is 0.276 e. The fourth-order valence-electron chi connectivity index (χ4n) is 1.98. The predicted molar refractivity (Wildman–Crippen MR) is 109 cm³/mol. The van der Waals surface area contributed by atoms with E-state index >= 15 is 0 Å². The molecule has 0 fully saturated rings. The van der Waals surface area contributed by atoms with Crippen LogP contribution in [0.3, 0.4) is 0 Å². The number of benzene rings is 2. The number of carbonyl (C=O) groups excluding carboxylic acids is 2. The summed E-state index contributed by atoms with van der Waals surface area (Å²) >= 11 is 8.36. The number of thiocarbonyl (C=S) groups is 1. The molecule has 0 aliphatic carbocycles. The summed E-state index contributed by atoms with van der Waals surface area (Å²) in [6, 6.07) is 12.1. The molecule has 0 aliphatic rings. The molecular formula is C18H18BrN3O4S. The van der Waals surface area contributed by atoms with Crippen LogP contribution in [-0.2, 0) is 4.79 Å². The Balaban J connectivity index is 1.78. The quantitative estimate of drug-likeness (QED) is 0.477. The zero-order valence-electron chi connectivity index (χ0n) is 14.7. The zero-order valence-corrected chi connectivity index (χ0v) is 17.1. The van der Waals surface area contributed by atoms with E-state index in [9.17, 15) is 9.59 Å². The van der Waals surface area contributed by atoms with Gasteiger partial charge in [-0.05, 0) is 49.0 Å². The van der Waals surface area contributed by atoms with Gasteiger partial charge in [0.2, 0.25) is 0 Å². The summed E-state index contributed by atoms with van der Waals surface area (Å²) in [5.74, 6) is 0.0876. The number of aryl methyl sites for hydroxylation is 1. The van der Waals surface area contributed by atoms with Gasteiger partial charge in [0.1, 0.15) is 0 Å². The lowest BCUT2D eigenvalue weighted by atomic mass is 10.1. The molecule has 0 saturated carbocycles. The van der Waals surface area contributed by atoms with Gasteiger partial charge < -0.3 is 9.47 Å². The summed E-state index contributed by atoms with van der Waals surface area (Å²) in [6.45, 7) is 1.66. The largest absolute Gasteiger partial charge is 0.493 e. The second kappa shape index (κ2) is 9.89. The third kappa shape index (κ3) is 6.22. The Labute approximate surface area is 170 Å². The van der Waals surface area contributed by atoms with Crippen LogP contribution in [0.15, 0.2) is 46.9 Å². The Morgan fingerprint density at radius 1 is 1.11 bits per heavy atom. The first-order valence-corrected chi connectivity index (χ1v) is 9.03. The SMILES string of the molecule is COc1ccccc1OCC(=O)NNC(=S)NC(=O)c1ccc(C)c(Br)c1. The van der Waals surface area contributed by atoms with Gasteiger partial charge >= 0.3 is 0 Å². The lowest BCUT2D eigenvalue weighted by Gasteiger charge is -2.12. The highest BCUT2D eigenvalue weighted by Crippen LogP contribution is 2.25. The zero-order chi connectivity index (χ0) is 19.8. The molecule has 3 N–H and O–H groups in total. The van der Waals surface area contributed by atoms with E-state index in [-0.39, 0.29) is 11.7 Å². The van der Waals surface area contributed by atoms with Crippen molar-refractivity contribution < 1.29 is 19.1 Å². The number of ether oxygens (including phenoxy) is 2. The number of nitrogens with one attached hydrogen (secondary N) is 3. The van der Waals surface area contributed by atoms with Crippen molar-refractivity contribution >= 4 is 45.1 Å². The number of rotatable bonds is 5. The number of carbonyl (C=O) groups is 2. The molecule has 0 atom stereocenters. The van der Waals surface area contributed by atoms with Crippen LogP contribution >= 0.6 is 28.1 Å². The number of hydrazine groups is 1. The lowest BCUT2D eigenvalue weighted by molar-refractivity contribution is -0.123. The van der Waals surface area contributed by atoms with Crippen LogP contribution in [0, 0.1) is 6.92 Å². The Bertz CT molecular complexity index is 860. The Morgan fingerprint density at radius 2 is 1.81 bits per heavy atom. The fourth-order valence-corrected chi connectivity index (χ4v) is 2.51. The van der Waals surface area contributed by atoms with Crippen LogP contribution in [-0.4, -0.2) is 30.6 Å². The van der Waals surface area contributed by atoms with Crippen LogP contribution in [0.25, 0.3) is 0 Å². The molecule has 0 aliphatic heterocycles. The van der Waals surface area contributed by atoms with Crippen molar-refractivity contribution in [2.45, 2.75) is 6.92 Å². The molecular weight excluding hydrogens is 434 g/mol. The monoisotopic (exact) mass is 451 g/mol. The molecule has 27 heavy (non-hydrogen) atoms. The maximum atomic E-state index is 12.1. The molecule has 0 saturated heterocycles. The second-order valence-corrected chi connectivity index (χ2v) is 6.62. The summed E-state index contributed by atoms with van der Waals surface area (Å²) in [7, 11) is 1.51. The van der Waals surface area contributed by atoms with Gasteiger partial charge in [0, 0.05) is 10.0 Å². The minimum atomic E-state index is -0.476. The highest BCUT2D eigenvalue weighted by molar-refractivity contribution is 9.10. The average molecular weight is 452 g/mol. The van der Waals surface area contributed by atoms with Crippen molar-refractivity contribution in [1.82, 2.24) is 16.2 Å². The van der Waals surface area contributed by atoms with Gasteiger partial charge in [-0.15, -0.1) is 0 Å². The molecule has 2 aromatic rings. The van der Waals surface area contributed by atoms with Crippen LogP contribution in [0.4, 0.5) is 0 Å². The van der Waals surface area contributed by atoms with E-state index in [2.05, 4.69) is 32.1 Å². The molecule has 2 rings (SSSR count). The van der Waals surface area contributed by atoms with Crippen LogP contribution in [0.2, 0.25) is 0 Å². The number of halogens is 1. The lowest BCUT2D eigenvalue weighted by Crippen LogP contribution is -2.49. The third-order valence-electron chi connectivity index (χ3n) is 3.40. The van der Waals surface area contributed by atoms with Gasteiger partial charge in [0.15, 0.2) is 23.2 Å². The topological polar surface area (TPSA) is 88.7 Å². The molecule has 142 valence electrons. The molecule has 0 aromatic heterocycles. The number of hydrogen-bond acceptors (Lipinski definition) is 5. The summed E-state index contributed by atoms with van der Waals surface area (Å²) in [5.41, 5.74) is 6.24. The summed E-state index contributed by atoms with van der Waals surface area (Å²) in [6.07, 6.45) is 0. The Morgan fingerprint density at radius 3 is 2.48 bits per heavy atom. The van der Waals surface area contributed by atoms with E-state index in [1.54, 1.807) is 36.4 Å². The fraction of sp³-hybridized carbons (Fsp3) is 0.167. The van der Waals surface area contributed by atoms with Crippen molar-refractivity contribution in [3.8, 4) is 11.5 Å². The molecule has 0 spiro atoms. The van der Waals surface area contributed by atoms with Gasteiger partial charge in [-0.1, -0.05) is 34.1 Å². The molecule has 2 aromatic carbocycles. The average Bonchev–Trinajstić information content (AvgIpc) is 2.66. The first-order valence-electron chi connectivity index (χ1n) is 7.83. The predicted octanol–water partition coefficient (Wildman–Crippen LogP) is 2.48. The number of amides is 2. The normalized spacial score (nSPS) is 9.89.